The normalized spacial score (nSPS) is 13.3. The number of hydrogen-bond donors (Lipinski definition) is 1. The zero-order valence-electron chi connectivity index (χ0n) is 9.70. The maximum Gasteiger partial charge on any atom is 0.390 e. The Morgan fingerprint density at radius 3 is 2.56 bits per heavy atom. The molecule has 0 fully saturated rings. The summed E-state index contributed by atoms with van der Waals surface area (Å²) >= 11 is 0. The summed E-state index contributed by atoms with van der Waals surface area (Å²) in [6, 6.07) is 5.18. The Kier molecular flexibility index (Phi) is 4.66. The molecule has 0 saturated carbocycles. The summed E-state index contributed by atoms with van der Waals surface area (Å²) in [5, 5.41) is 13.3. The molecule has 0 heterocycles. The van der Waals surface area contributed by atoms with Gasteiger partial charge in [0.15, 0.2) is 0 Å². The van der Waals surface area contributed by atoms with Crippen LogP contribution in [0.15, 0.2) is 24.3 Å². The third-order valence-corrected chi connectivity index (χ3v) is 2.37. The Morgan fingerprint density at radius 1 is 1.39 bits per heavy atom. The van der Waals surface area contributed by atoms with E-state index in [-0.39, 0.29) is 12.2 Å². The molecule has 0 amide bonds. The van der Waals surface area contributed by atoms with Gasteiger partial charge in [0.2, 0.25) is 0 Å². The minimum absolute atomic E-state index is 0.0361. The molecule has 1 unspecified atom stereocenters. The number of para-hydroxylation sites is 1. The van der Waals surface area contributed by atoms with Crippen molar-refractivity contribution in [3.05, 3.63) is 39.9 Å². The van der Waals surface area contributed by atoms with Crippen LogP contribution in [0.2, 0.25) is 0 Å². The second-order valence-corrected chi connectivity index (χ2v) is 3.99. The monoisotopic (exact) mass is 262 g/mol. The second kappa shape index (κ2) is 5.81. The number of benzene rings is 1. The van der Waals surface area contributed by atoms with Gasteiger partial charge in [-0.05, 0) is 6.92 Å². The molecule has 1 aromatic rings. The molecule has 18 heavy (non-hydrogen) atoms. The van der Waals surface area contributed by atoms with Crippen molar-refractivity contribution in [2.24, 2.45) is 0 Å². The van der Waals surface area contributed by atoms with E-state index in [0.29, 0.717) is 5.56 Å². The van der Waals surface area contributed by atoms with Crippen molar-refractivity contribution >= 4 is 5.69 Å². The van der Waals surface area contributed by atoms with E-state index >= 15 is 0 Å². The van der Waals surface area contributed by atoms with Crippen LogP contribution in [0.5, 0.6) is 0 Å². The van der Waals surface area contributed by atoms with Gasteiger partial charge in [-0.2, -0.15) is 13.2 Å². The Balaban J connectivity index is 2.61. The molecule has 4 nitrogen and oxygen atoms in total. The predicted molar refractivity (Wildman–Crippen MR) is 60.1 cm³/mol. The molecule has 0 aromatic heterocycles. The molecule has 0 bridgehead atoms. The van der Waals surface area contributed by atoms with Crippen LogP contribution in [-0.2, 0) is 6.54 Å². The van der Waals surface area contributed by atoms with E-state index in [9.17, 15) is 23.3 Å². The zero-order valence-corrected chi connectivity index (χ0v) is 9.70. The predicted octanol–water partition coefficient (Wildman–Crippen LogP) is 3.03. The first kappa shape index (κ1) is 14.4. The van der Waals surface area contributed by atoms with E-state index in [1.165, 1.54) is 25.1 Å². The Morgan fingerprint density at radius 2 is 2.00 bits per heavy atom. The summed E-state index contributed by atoms with van der Waals surface area (Å²) in [6.45, 7) is 1.43. The molecule has 0 aliphatic heterocycles. The van der Waals surface area contributed by atoms with Gasteiger partial charge in [0.05, 0.1) is 11.3 Å². The molecule has 7 heteroatoms. The summed E-state index contributed by atoms with van der Waals surface area (Å²) in [7, 11) is 0. The summed E-state index contributed by atoms with van der Waals surface area (Å²) in [5.74, 6) is 0. The van der Waals surface area contributed by atoms with Crippen molar-refractivity contribution in [3.63, 3.8) is 0 Å². The van der Waals surface area contributed by atoms with Crippen molar-refractivity contribution in [2.45, 2.75) is 32.1 Å². The molecular weight excluding hydrogens is 249 g/mol. The van der Waals surface area contributed by atoms with Gasteiger partial charge in [0.1, 0.15) is 0 Å². The van der Waals surface area contributed by atoms with Crippen molar-refractivity contribution < 1.29 is 18.1 Å². The lowest BCUT2D eigenvalue weighted by Gasteiger charge is -2.15. The van der Waals surface area contributed by atoms with Gasteiger partial charge < -0.3 is 5.32 Å². The molecule has 0 aliphatic rings. The SMILES string of the molecule is CC(CC(F)(F)F)NCc1ccccc1[N+](=O)[O-]. The fraction of sp³-hybridized carbons (Fsp3) is 0.455. The quantitative estimate of drug-likeness (QED) is 0.655. The highest BCUT2D eigenvalue weighted by atomic mass is 19.4. The number of rotatable bonds is 5. The van der Waals surface area contributed by atoms with E-state index < -0.39 is 23.6 Å². The van der Waals surface area contributed by atoms with E-state index in [0.717, 1.165) is 0 Å². The van der Waals surface area contributed by atoms with E-state index in [1.54, 1.807) is 6.07 Å². The average molecular weight is 262 g/mol. The molecule has 100 valence electrons. The number of nitro groups is 1. The van der Waals surface area contributed by atoms with E-state index in [4.69, 9.17) is 0 Å². The highest BCUT2D eigenvalue weighted by molar-refractivity contribution is 5.39. The van der Waals surface area contributed by atoms with Crippen LogP contribution >= 0.6 is 0 Å². The molecule has 0 radical (unpaired) electrons. The van der Waals surface area contributed by atoms with Crippen molar-refractivity contribution in [2.75, 3.05) is 0 Å². The van der Waals surface area contributed by atoms with Crippen molar-refractivity contribution in [3.8, 4) is 0 Å². The van der Waals surface area contributed by atoms with Crippen LogP contribution in [0.3, 0.4) is 0 Å². The number of hydrogen-bond acceptors (Lipinski definition) is 3. The Bertz CT molecular complexity index is 421. The fourth-order valence-electron chi connectivity index (χ4n) is 1.54. The second-order valence-electron chi connectivity index (χ2n) is 3.99. The largest absolute Gasteiger partial charge is 0.390 e. The van der Waals surface area contributed by atoms with Crippen LogP contribution < -0.4 is 5.32 Å². The molecular formula is C11H13F3N2O2. The lowest BCUT2D eigenvalue weighted by atomic mass is 10.1. The Hall–Kier alpha value is -1.63. The molecule has 1 rings (SSSR count). The highest BCUT2D eigenvalue weighted by Crippen LogP contribution is 2.22. The molecule has 1 atom stereocenters. The molecule has 0 aliphatic carbocycles. The summed E-state index contributed by atoms with van der Waals surface area (Å²) in [6.07, 6.45) is -5.21. The van der Waals surface area contributed by atoms with E-state index in [1.807, 2.05) is 0 Å². The van der Waals surface area contributed by atoms with Gasteiger partial charge >= 0.3 is 6.18 Å². The van der Waals surface area contributed by atoms with Crippen LogP contribution in [0.1, 0.15) is 18.9 Å². The average Bonchev–Trinajstić information content (AvgIpc) is 2.24. The number of alkyl halides is 3. The van der Waals surface area contributed by atoms with Gasteiger partial charge in [-0.1, -0.05) is 18.2 Å². The molecule has 0 spiro atoms. The standard InChI is InChI=1S/C11H13F3N2O2/c1-8(6-11(12,13)14)15-7-9-4-2-3-5-10(9)16(17)18/h2-5,8,15H,6-7H2,1H3. The topological polar surface area (TPSA) is 55.2 Å². The van der Waals surface area contributed by atoms with Gasteiger partial charge in [-0.25, -0.2) is 0 Å². The number of nitro benzene ring substituents is 1. The smallest absolute Gasteiger partial charge is 0.310 e. The van der Waals surface area contributed by atoms with Crippen LogP contribution in [-0.4, -0.2) is 17.1 Å². The maximum atomic E-state index is 12.1. The number of nitrogens with zero attached hydrogens (tertiary/aromatic N) is 1. The minimum atomic E-state index is -4.24. The van der Waals surface area contributed by atoms with Gasteiger partial charge in [0, 0.05) is 24.2 Å². The van der Waals surface area contributed by atoms with Crippen LogP contribution in [0, 0.1) is 10.1 Å². The first-order chi connectivity index (χ1) is 8.29. The first-order valence-corrected chi connectivity index (χ1v) is 5.32. The third-order valence-electron chi connectivity index (χ3n) is 2.37. The van der Waals surface area contributed by atoms with Crippen molar-refractivity contribution in [1.82, 2.24) is 5.32 Å². The third kappa shape index (κ3) is 4.70. The summed E-state index contributed by atoms with van der Waals surface area (Å²) in [4.78, 5) is 10.1. The first-order valence-electron chi connectivity index (χ1n) is 5.32. The number of halogens is 3. The van der Waals surface area contributed by atoms with Crippen molar-refractivity contribution in [1.29, 1.82) is 0 Å². The van der Waals surface area contributed by atoms with E-state index in [2.05, 4.69) is 5.32 Å². The minimum Gasteiger partial charge on any atom is -0.310 e. The van der Waals surface area contributed by atoms with Gasteiger partial charge in [0.25, 0.3) is 5.69 Å². The van der Waals surface area contributed by atoms with Crippen LogP contribution in [0.25, 0.3) is 0 Å². The van der Waals surface area contributed by atoms with Gasteiger partial charge in [-0.3, -0.25) is 10.1 Å². The molecule has 1 aromatic carbocycles. The van der Waals surface area contributed by atoms with Gasteiger partial charge in [-0.15, -0.1) is 0 Å². The maximum absolute atomic E-state index is 12.1. The molecule has 1 N–H and O–H groups in total. The summed E-state index contributed by atoms with van der Waals surface area (Å²) in [5.41, 5.74) is 0.278. The summed E-state index contributed by atoms with van der Waals surface area (Å²) < 4.78 is 36.3. The Labute approximate surface area is 102 Å². The fourth-order valence-corrected chi connectivity index (χ4v) is 1.54. The lowest BCUT2D eigenvalue weighted by molar-refractivity contribution is -0.385. The number of nitrogens with one attached hydrogen (secondary N) is 1. The van der Waals surface area contributed by atoms with Crippen LogP contribution in [0.4, 0.5) is 18.9 Å². The lowest BCUT2D eigenvalue weighted by Crippen LogP contribution is -2.30. The molecule has 0 saturated heterocycles. The zero-order chi connectivity index (χ0) is 13.8. The highest BCUT2D eigenvalue weighted by Gasteiger charge is 2.29.